The predicted octanol–water partition coefficient (Wildman–Crippen LogP) is 6.80. The van der Waals surface area contributed by atoms with Gasteiger partial charge >= 0.3 is 5.97 Å². The van der Waals surface area contributed by atoms with Crippen molar-refractivity contribution in [2.24, 2.45) is 5.10 Å². The summed E-state index contributed by atoms with van der Waals surface area (Å²) in [4.78, 5) is 25.0. The smallest absolute Gasteiger partial charge is 0.345 e. The number of hydrogen-bond acceptors (Lipinski definition) is 7. The maximum Gasteiger partial charge on any atom is 0.345 e. The number of nitrogens with one attached hydrogen (secondary N) is 2. The van der Waals surface area contributed by atoms with Crippen LogP contribution in [0.25, 0.3) is 0 Å². The summed E-state index contributed by atoms with van der Waals surface area (Å²) in [5, 5.41) is 7.39. The van der Waals surface area contributed by atoms with E-state index >= 15 is 0 Å². The second kappa shape index (κ2) is 11.7. The highest BCUT2D eigenvalue weighted by molar-refractivity contribution is 9.11. The van der Waals surface area contributed by atoms with Crippen LogP contribution in [-0.2, 0) is 4.74 Å². The highest BCUT2D eigenvalue weighted by Crippen LogP contribution is 2.35. The highest BCUT2D eigenvalue weighted by Gasteiger charge is 2.25. The van der Waals surface area contributed by atoms with E-state index in [-0.39, 0.29) is 28.8 Å². The van der Waals surface area contributed by atoms with Gasteiger partial charge in [0.15, 0.2) is 5.76 Å². The van der Waals surface area contributed by atoms with Crippen LogP contribution in [0.1, 0.15) is 33.4 Å². The molecule has 12 heteroatoms. The Balaban J connectivity index is 1.84. The molecule has 0 radical (unpaired) electrons. The van der Waals surface area contributed by atoms with Crippen LogP contribution in [-0.4, -0.2) is 31.8 Å². The third kappa shape index (κ3) is 6.12. The maximum absolute atomic E-state index is 12.5. The fraction of sp³-hybridized carbons (Fsp3) is 0.136. The Morgan fingerprint density at radius 2 is 1.79 bits per heavy atom. The molecule has 0 saturated heterocycles. The number of furan rings is 1. The lowest BCUT2D eigenvalue weighted by atomic mass is 10.2. The van der Waals surface area contributed by atoms with Crippen molar-refractivity contribution < 1.29 is 23.5 Å². The van der Waals surface area contributed by atoms with Gasteiger partial charge in [0, 0.05) is 16.3 Å². The molecule has 1 aromatic heterocycles. The number of halogens is 4. The standard InChI is InChI=1S/C22H17Br2Cl2N3O5/c1-3-33-22(31)17-18(26)16(34-21(17)28-13-6-4-12(25)5-7-13)10-27-29-20(30)11-8-14(23)19(32-2)15(24)9-11/h4-10,28H,3H2,1-2H3,(H,29,30)/b27-10-. The number of hydrazone groups is 1. The van der Waals surface area contributed by atoms with Gasteiger partial charge in [-0.1, -0.05) is 23.2 Å². The van der Waals surface area contributed by atoms with Gasteiger partial charge in [0.25, 0.3) is 5.91 Å². The zero-order chi connectivity index (χ0) is 24.8. The van der Waals surface area contributed by atoms with Crippen LogP contribution in [0.2, 0.25) is 10.0 Å². The number of hydrogen-bond donors (Lipinski definition) is 2. The first kappa shape index (κ1) is 26.1. The average Bonchev–Trinajstić information content (AvgIpc) is 3.10. The van der Waals surface area contributed by atoms with Crippen LogP contribution >= 0.6 is 55.1 Å². The van der Waals surface area contributed by atoms with E-state index in [1.165, 1.54) is 13.3 Å². The summed E-state index contributed by atoms with van der Waals surface area (Å²) < 4.78 is 17.2. The van der Waals surface area contributed by atoms with Gasteiger partial charge in [0.1, 0.15) is 16.3 Å². The lowest BCUT2D eigenvalue weighted by Gasteiger charge is -2.08. The number of benzene rings is 2. The molecule has 0 fully saturated rings. The number of carbonyl (C=O) groups excluding carboxylic acids is 2. The van der Waals surface area contributed by atoms with Crippen LogP contribution in [0, 0.1) is 0 Å². The molecule has 178 valence electrons. The van der Waals surface area contributed by atoms with E-state index in [4.69, 9.17) is 37.1 Å². The first-order chi connectivity index (χ1) is 16.2. The molecule has 0 spiro atoms. The van der Waals surface area contributed by atoms with Gasteiger partial charge in [-0.3, -0.25) is 4.79 Å². The van der Waals surface area contributed by atoms with Crippen molar-refractivity contribution in [2.75, 3.05) is 19.0 Å². The molecule has 0 aliphatic carbocycles. The Morgan fingerprint density at radius 1 is 1.15 bits per heavy atom. The van der Waals surface area contributed by atoms with Crippen molar-refractivity contribution in [3.63, 3.8) is 0 Å². The summed E-state index contributed by atoms with van der Waals surface area (Å²) in [6.07, 6.45) is 1.18. The van der Waals surface area contributed by atoms with E-state index in [2.05, 4.69) is 47.7 Å². The molecule has 0 atom stereocenters. The fourth-order valence-corrected chi connectivity index (χ4v) is 4.64. The molecule has 34 heavy (non-hydrogen) atoms. The molecular weight excluding hydrogens is 617 g/mol. The van der Waals surface area contributed by atoms with Gasteiger partial charge in [0.05, 0.1) is 28.9 Å². The number of anilines is 2. The summed E-state index contributed by atoms with van der Waals surface area (Å²) >= 11 is 19.0. The van der Waals surface area contributed by atoms with E-state index in [1.807, 2.05) is 0 Å². The zero-order valence-corrected chi connectivity index (χ0v) is 22.4. The molecule has 3 aromatic rings. The van der Waals surface area contributed by atoms with Gasteiger partial charge in [-0.2, -0.15) is 5.10 Å². The second-order valence-corrected chi connectivity index (χ2v) is 9.03. The SMILES string of the molecule is CCOC(=O)c1c(Nc2ccc(Cl)cc2)oc(/C=N\NC(=O)c2cc(Br)c(OC)c(Br)c2)c1Cl. The molecule has 2 N–H and O–H groups in total. The van der Waals surface area contributed by atoms with Crippen molar-refractivity contribution in [1.29, 1.82) is 0 Å². The molecule has 1 heterocycles. The molecule has 0 aliphatic heterocycles. The van der Waals surface area contributed by atoms with Gasteiger partial charge in [-0.05, 0) is 75.2 Å². The van der Waals surface area contributed by atoms with E-state index in [0.717, 1.165) is 0 Å². The van der Waals surface area contributed by atoms with E-state index in [0.29, 0.717) is 31.0 Å². The summed E-state index contributed by atoms with van der Waals surface area (Å²) in [6, 6.07) is 9.92. The van der Waals surface area contributed by atoms with Crippen molar-refractivity contribution in [1.82, 2.24) is 5.43 Å². The maximum atomic E-state index is 12.5. The Bertz CT molecular complexity index is 1220. The molecule has 1 amide bonds. The molecule has 0 bridgehead atoms. The second-order valence-electron chi connectivity index (χ2n) is 6.51. The van der Waals surface area contributed by atoms with Crippen LogP contribution in [0.3, 0.4) is 0 Å². The van der Waals surface area contributed by atoms with Crippen molar-refractivity contribution >= 4 is 84.7 Å². The topological polar surface area (TPSA) is 102 Å². The molecule has 3 rings (SSSR count). The van der Waals surface area contributed by atoms with Crippen molar-refractivity contribution in [3.05, 3.63) is 72.3 Å². The quantitative estimate of drug-likeness (QED) is 0.161. The molecule has 0 aliphatic rings. The third-order valence-electron chi connectivity index (χ3n) is 4.27. The molecular formula is C22H17Br2Cl2N3O5. The number of ether oxygens (including phenoxy) is 2. The van der Waals surface area contributed by atoms with Crippen LogP contribution in [0.5, 0.6) is 5.75 Å². The largest absolute Gasteiger partial charge is 0.494 e. The summed E-state index contributed by atoms with van der Waals surface area (Å²) in [7, 11) is 1.52. The summed E-state index contributed by atoms with van der Waals surface area (Å²) in [6.45, 7) is 1.82. The van der Waals surface area contributed by atoms with Crippen LogP contribution in [0.4, 0.5) is 11.6 Å². The molecule has 0 unspecified atom stereocenters. The lowest BCUT2D eigenvalue weighted by molar-refractivity contribution is 0.0527. The minimum Gasteiger partial charge on any atom is -0.494 e. The normalized spacial score (nSPS) is 10.9. The molecule has 0 saturated carbocycles. The first-order valence-corrected chi connectivity index (χ1v) is 12.0. The Labute approximate surface area is 221 Å². The van der Waals surface area contributed by atoms with Crippen molar-refractivity contribution in [2.45, 2.75) is 6.92 Å². The van der Waals surface area contributed by atoms with E-state index < -0.39 is 11.9 Å². The number of esters is 1. The Morgan fingerprint density at radius 3 is 2.38 bits per heavy atom. The van der Waals surface area contributed by atoms with E-state index in [1.54, 1.807) is 43.3 Å². The fourth-order valence-electron chi connectivity index (χ4n) is 2.75. The van der Waals surface area contributed by atoms with E-state index in [9.17, 15) is 9.59 Å². The third-order valence-corrected chi connectivity index (χ3v) is 6.07. The molecule has 2 aromatic carbocycles. The number of methoxy groups -OCH3 is 1. The minimum atomic E-state index is -0.677. The van der Waals surface area contributed by atoms with Gasteiger partial charge in [-0.15, -0.1) is 0 Å². The summed E-state index contributed by atoms with van der Waals surface area (Å²) in [5.74, 6) is -0.521. The van der Waals surface area contributed by atoms with Crippen LogP contribution in [0.15, 0.2) is 54.9 Å². The van der Waals surface area contributed by atoms with Gasteiger partial charge in [0.2, 0.25) is 5.88 Å². The number of carbonyl (C=O) groups is 2. The number of nitrogens with zero attached hydrogens (tertiary/aromatic N) is 1. The van der Waals surface area contributed by atoms with Gasteiger partial charge < -0.3 is 19.2 Å². The monoisotopic (exact) mass is 631 g/mol. The minimum absolute atomic E-state index is 0.00532. The number of amides is 1. The van der Waals surface area contributed by atoms with Gasteiger partial charge in [-0.25, -0.2) is 10.2 Å². The van der Waals surface area contributed by atoms with Crippen molar-refractivity contribution in [3.8, 4) is 5.75 Å². The Kier molecular flexibility index (Phi) is 9.01. The average molecular weight is 634 g/mol. The number of rotatable bonds is 8. The van der Waals surface area contributed by atoms with Crippen LogP contribution < -0.4 is 15.5 Å². The zero-order valence-electron chi connectivity index (χ0n) is 17.7. The molecule has 8 nitrogen and oxygen atoms in total. The lowest BCUT2D eigenvalue weighted by Crippen LogP contribution is -2.17. The summed E-state index contributed by atoms with van der Waals surface area (Å²) in [5.41, 5.74) is 3.30. The highest BCUT2D eigenvalue weighted by atomic mass is 79.9. The predicted molar refractivity (Wildman–Crippen MR) is 138 cm³/mol. The Hall–Kier alpha value is -2.53. The first-order valence-electron chi connectivity index (χ1n) is 9.63.